The summed E-state index contributed by atoms with van der Waals surface area (Å²) in [6.07, 6.45) is 0. The maximum Gasteiger partial charge on any atom is 0.325 e. The summed E-state index contributed by atoms with van der Waals surface area (Å²) in [4.78, 5) is 39.2. The van der Waals surface area contributed by atoms with Crippen molar-refractivity contribution in [3.63, 3.8) is 0 Å². The molecule has 126 valence electrons. The summed E-state index contributed by atoms with van der Waals surface area (Å²) in [6, 6.07) is 1.35. The Hall–Kier alpha value is -3.24. The molecule has 3 N–H and O–H groups in total. The van der Waals surface area contributed by atoms with Crippen molar-refractivity contribution in [1.29, 1.82) is 0 Å². The van der Waals surface area contributed by atoms with Crippen molar-refractivity contribution in [1.82, 2.24) is 5.32 Å². The predicted octanol–water partition coefficient (Wildman–Crippen LogP) is 1.11. The van der Waals surface area contributed by atoms with Gasteiger partial charge in [0.15, 0.2) is 0 Å². The molecule has 0 aromatic heterocycles. The van der Waals surface area contributed by atoms with Gasteiger partial charge in [-0.25, -0.2) is 0 Å². The summed E-state index contributed by atoms with van der Waals surface area (Å²) >= 11 is 0. The molecule has 0 fully saturated rings. The third-order valence-electron chi connectivity index (χ3n) is 2.40. The molecule has 0 spiro atoms. The van der Waals surface area contributed by atoms with E-state index in [9.17, 15) is 34.9 Å². The minimum Gasteiger partial charge on any atom is -0.497 e. The molecule has 0 bridgehead atoms. The molecular weight excluding hydrogens is 314 g/mol. The topological polar surface area (TPSA) is 173 Å². The van der Waals surface area contributed by atoms with Crippen molar-refractivity contribution < 1.29 is 29.6 Å². The Morgan fingerprint density at radius 3 is 1.78 bits per heavy atom. The molecule has 23 heavy (non-hydrogen) atoms. The average Bonchev–Trinajstić information content (AvgIpc) is 2.40. The van der Waals surface area contributed by atoms with Crippen LogP contribution in [0, 0.1) is 27.2 Å². The number of hydrogen-bond donors (Lipinski definition) is 3. The van der Waals surface area contributed by atoms with Gasteiger partial charge in [-0.1, -0.05) is 0 Å². The number of nitrogens with one attached hydrogen (secondary N) is 1. The number of rotatable bonds is 4. The SMILES string of the molecule is CC(=O)N[C@@H](C)C(=O)O.Cc1cc([N+](=O)[O-])c(O)c([N+](=O)[O-])c1. The molecule has 11 heteroatoms. The van der Waals surface area contributed by atoms with Crippen LogP contribution in [-0.4, -0.2) is 38.0 Å². The number of carbonyl (C=O) groups excluding carboxylic acids is 1. The number of phenols is 1. The molecule has 11 nitrogen and oxygen atoms in total. The van der Waals surface area contributed by atoms with Gasteiger partial charge < -0.3 is 15.5 Å². The number of carboxylic acids is 1. The summed E-state index contributed by atoms with van der Waals surface area (Å²) in [7, 11) is 0. The molecule has 1 amide bonds. The number of aromatic hydroxyl groups is 1. The van der Waals surface area contributed by atoms with Gasteiger partial charge in [-0.2, -0.15) is 0 Å². The molecule has 1 atom stereocenters. The Bertz CT molecular complexity index is 608. The standard InChI is InChI=1S/C7H6N2O5.C5H9NO3/c1-4-2-5(8(11)12)7(10)6(3-4)9(13)14;1-3(5(8)9)6-4(2)7/h2-3,10H,1H3;3H,1-2H3,(H,6,7)(H,8,9)/t;3-/m.0/s1. The number of phenolic OH excluding ortho intramolecular Hbond substituents is 1. The van der Waals surface area contributed by atoms with Crippen LogP contribution in [0.1, 0.15) is 19.4 Å². The van der Waals surface area contributed by atoms with E-state index in [4.69, 9.17) is 5.11 Å². The van der Waals surface area contributed by atoms with Crippen LogP contribution in [0.5, 0.6) is 5.75 Å². The summed E-state index contributed by atoms with van der Waals surface area (Å²) in [5.41, 5.74) is -0.963. The number of nitro benzene ring substituents is 2. The van der Waals surface area contributed by atoms with Gasteiger partial charge >= 0.3 is 17.3 Å². The lowest BCUT2D eigenvalue weighted by molar-refractivity contribution is -0.396. The second-order valence-electron chi connectivity index (χ2n) is 4.43. The zero-order chi connectivity index (χ0) is 18.3. The maximum atomic E-state index is 10.4. The number of amides is 1. The van der Waals surface area contributed by atoms with E-state index in [1.54, 1.807) is 0 Å². The molecule has 1 rings (SSSR count). The molecule has 0 aliphatic rings. The fourth-order valence-corrected chi connectivity index (χ4v) is 1.39. The zero-order valence-electron chi connectivity index (χ0n) is 12.5. The maximum absolute atomic E-state index is 10.4. The number of nitro groups is 2. The normalized spacial score (nSPS) is 10.7. The van der Waals surface area contributed by atoms with Crippen LogP contribution >= 0.6 is 0 Å². The van der Waals surface area contributed by atoms with E-state index in [0.717, 1.165) is 12.1 Å². The van der Waals surface area contributed by atoms with E-state index >= 15 is 0 Å². The highest BCUT2D eigenvalue weighted by Crippen LogP contribution is 2.36. The Morgan fingerprint density at radius 2 is 1.57 bits per heavy atom. The molecule has 0 aliphatic heterocycles. The van der Waals surface area contributed by atoms with Gasteiger partial charge in [0, 0.05) is 19.1 Å². The highest BCUT2D eigenvalue weighted by atomic mass is 16.6. The highest BCUT2D eigenvalue weighted by molar-refractivity contribution is 5.81. The summed E-state index contributed by atoms with van der Waals surface area (Å²) < 4.78 is 0. The lowest BCUT2D eigenvalue weighted by Crippen LogP contribution is -2.36. The molecule has 0 unspecified atom stereocenters. The molecule has 0 heterocycles. The monoisotopic (exact) mass is 329 g/mol. The molecule has 0 saturated heterocycles. The van der Waals surface area contributed by atoms with E-state index in [1.807, 2.05) is 0 Å². The first-order chi connectivity index (χ1) is 10.5. The summed E-state index contributed by atoms with van der Waals surface area (Å²) in [6.45, 7) is 4.16. The Labute approximate surface area is 129 Å². The van der Waals surface area contributed by atoms with Gasteiger partial charge in [0.05, 0.1) is 9.85 Å². The van der Waals surface area contributed by atoms with Crippen molar-refractivity contribution in [2.75, 3.05) is 0 Å². The van der Waals surface area contributed by atoms with Crippen molar-refractivity contribution in [3.05, 3.63) is 37.9 Å². The van der Waals surface area contributed by atoms with E-state index in [0.29, 0.717) is 5.56 Å². The quantitative estimate of drug-likeness (QED) is 0.544. The molecule has 0 radical (unpaired) electrons. The minimum atomic E-state index is -1.02. The van der Waals surface area contributed by atoms with Gasteiger partial charge in [0.2, 0.25) is 5.91 Å². The Kier molecular flexibility index (Phi) is 7.10. The second kappa shape index (κ2) is 8.26. The minimum absolute atomic E-state index is 0.329. The molecule has 1 aromatic rings. The van der Waals surface area contributed by atoms with Crippen LogP contribution in [0.3, 0.4) is 0 Å². The fourth-order valence-electron chi connectivity index (χ4n) is 1.39. The highest BCUT2D eigenvalue weighted by Gasteiger charge is 2.25. The first-order valence-electron chi connectivity index (χ1n) is 6.09. The molecule has 0 saturated carbocycles. The van der Waals surface area contributed by atoms with Crippen LogP contribution in [0.15, 0.2) is 12.1 Å². The Balaban J connectivity index is 0.000000468. The first-order valence-corrected chi connectivity index (χ1v) is 6.09. The number of carbonyl (C=O) groups is 2. The molecular formula is C12H15N3O8. The van der Waals surface area contributed by atoms with Crippen LogP contribution in [0.4, 0.5) is 11.4 Å². The number of hydrogen-bond acceptors (Lipinski definition) is 7. The van der Waals surface area contributed by atoms with Gasteiger partial charge in [-0.05, 0) is 19.4 Å². The van der Waals surface area contributed by atoms with Gasteiger partial charge in [-0.3, -0.25) is 29.8 Å². The number of aryl methyl sites for hydroxylation is 1. The third-order valence-corrected chi connectivity index (χ3v) is 2.40. The lowest BCUT2D eigenvalue weighted by atomic mass is 10.2. The summed E-state index contributed by atoms with van der Waals surface area (Å²) in [5.74, 6) is -2.26. The zero-order valence-corrected chi connectivity index (χ0v) is 12.5. The number of carboxylic acid groups (broad SMARTS) is 1. The van der Waals surface area contributed by atoms with E-state index < -0.39 is 39.0 Å². The van der Waals surface area contributed by atoms with Crippen LogP contribution in [0.2, 0.25) is 0 Å². The van der Waals surface area contributed by atoms with E-state index in [1.165, 1.54) is 20.8 Å². The van der Waals surface area contributed by atoms with Gasteiger partial charge in [-0.15, -0.1) is 0 Å². The van der Waals surface area contributed by atoms with E-state index in [-0.39, 0.29) is 5.91 Å². The first kappa shape index (κ1) is 19.8. The third kappa shape index (κ3) is 6.37. The molecule has 0 aliphatic carbocycles. The fraction of sp³-hybridized carbons (Fsp3) is 0.333. The number of aliphatic carboxylic acids is 1. The average molecular weight is 329 g/mol. The van der Waals surface area contributed by atoms with Gasteiger partial charge in [0.1, 0.15) is 6.04 Å². The van der Waals surface area contributed by atoms with Gasteiger partial charge in [0.25, 0.3) is 5.75 Å². The number of benzene rings is 1. The largest absolute Gasteiger partial charge is 0.497 e. The van der Waals surface area contributed by atoms with Crippen molar-refractivity contribution in [3.8, 4) is 5.75 Å². The predicted molar refractivity (Wildman–Crippen MR) is 77.1 cm³/mol. The van der Waals surface area contributed by atoms with Crippen LogP contribution in [0.25, 0.3) is 0 Å². The summed E-state index contributed by atoms with van der Waals surface area (Å²) in [5, 5.41) is 40.3. The Morgan fingerprint density at radius 1 is 1.17 bits per heavy atom. The smallest absolute Gasteiger partial charge is 0.325 e. The second-order valence-corrected chi connectivity index (χ2v) is 4.43. The number of nitrogens with zero attached hydrogens (tertiary/aromatic N) is 2. The molecule has 1 aromatic carbocycles. The van der Waals surface area contributed by atoms with Crippen LogP contribution in [-0.2, 0) is 9.59 Å². The van der Waals surface area contributed by atoms with Crippen molar-refractivity contribution >= 4 is 23.3 Å². The lowest BCUT2D eigenvalue weighted by Gasteiger charge is -2.04. The van der Waals surface area contributed by atoms with Crippen molar-refractivity contribution in [2.45, 2.75) is 26.8 Å². The van der Waals surface area contributed by atoms with Crippen molar-refractivity contribution in [2.24, 2.45) is 0 Å². The van der Waals surface area contributed by atoms with E-state index in [2.05, 4.69) is 5.32 Å². The van der Waals surface area contributed by atoms with Crippen LogP contribution < -0.4 is 5.32 Å².